The summed E-state index contributed by atoms with van der Waals surface area (Å²) in [5.74, 6) is 1.74. The number of rotatable bonds is 7. The molecule has 286 valence electrons. The Morgan fingerprint density at radius 2 is 0.885 bits per heavy atom. The van der Waals surface area contributed by atoms with Gasteiger partial charge in [0, 0.05) is 61.2 Å². The van der Waals surface area contributed by atoms with Gasteiger partial charge in [-0.1, -0.05) is 146 Å². The summed E-state index contributed by atoms with van der Waals surface area (Å²) in [6.45, 7) is 0. The fourth-order valence-corrected chi connectivity index (χ4v) is 8.62. The molecular weight excluding hydrogens is 749 g/mol. The van der Waals surface area contributed by atoms with E-state index in [1.807, 2.05) is 78.9 Å². The van der Waals surface area contributed by atoms with E-state index in [1.54, 1.807) is 0 Å². The third-order valence-corrected chi connectivity index (χ3v) is 11.5. The van der Waals surface area contributed by atoms with E-state index in [9.17, 15) is 0 Å². The lowest BCUT2D eigenvalue weighted by Crippen LogP contribution is -2.09. The summed E-state index contributed by atoms with van der Waals surface area (Å²) >= 11 is 0. The minimum absolute atomic E-state index is 0.544. The molecule has 0 atom stereocenters. The molecule has 0 radical (unpaired) electrons. The van der Waals surface area contributed by atoms with Crippen LogP contribution in [0.4, 0.5) is 17.1 Å². The number of hydrogen-bond acceptors (Lipinski definition) is 6. The Kier molecular flexibility index (Phi) is 8.06. The molecule has 0 amide bonds. The molecule has 0 saturated carbocycles. The molecule has 0 aliphatic heterocycles. The molecule has 0 bridgehead atoms. The zero-order valence-corrected chi connectivity index (χ0v) is 32.7. The van der Waals surface area contributed by atoms with Crippen molar-refractivity contribution in [2.45, 2.75) is 0 Å². The van der Waals surface area contributed by atoms with Crippen molar-refractivity contribution in [2.75, 3.05) is 4.90 Å². The molecule has 3 aromatic heterocycles. The number of furan rings is 2. The molecule has 12 rings (SSSR count). The van der Waals surface area contributed by atoms with E-state index < -0.39 is 0 Å². The molecule has 0 fully saturated rings. The lowest BCUT2D eigenvalue weighted by molar-refractivity contribution is 0.669. The SMILES string of the molecule is c1ccc(-c2nc(-c3ccccc3)nc(-c3ccc(-c4ccc(N(c5ccccc5)c5ccc6c(c5)oc5ccccc56)cc4)c4c3oc3c5ccccc5ccc34)n2)cc1. The van der Waals surface area contributed by atoms with Crippen LogP contribution >= 0.6 is 0 Å². The molecular formula is C55H34N4O2. The van der Waals surface area contributed by atoms with Crippen molar-refractivity contribution in [3.63, 3.8) is 0 Å². The monoisotopic (exact) mass is 782 g/mol. The zero-order valence-electron chi connectivity index (χ0n) is 32.7. The normalized spacial score (nSPS) is 11.6. The van der Waals surface area contributed by atoms with Crippen molar-refractivity contribution >= 4 is 71.7 Å². The van der Waals surface area contributed by atoms with Gasteiger partial charge in [0.1, 0.15) is 22.3 Å². The van der Waals surface area contributed by atoms with Crippen LogP contribution in [-0.2, 0) is 0 Å². The van der Waals surface area contributed by atoms with Gasteiger partial charge in [-0.05, 0) is 71.1 Å². The molecule has 0 N–H and O–H groups in total. The second kappa shape index (κ2) is 14.2. The summed E-state index contributed by atoms with van der Waals surface area (Å²) < 4.78 is 13.4. The standard InChI is InChI=1S/C55H34N4O2/c1-4-15-37(16-5-1)53-56-54(38-17-6-2-7-18-38)58-55(57-53)47-33-32-42(50-46-30-26-35-14-10-11-21-43(35)51(46)61-52(47)50)36-24-27-40(28-25-36)59(39-19-8-3-9-20-39)41-29-31-45-44-22-12-13-23-48(44)60-49(45)34-41/h1-34H. The third kappa shape index (κ3) is 5.92. The van der Waals surface area contributed by atoms with Crippen LogP contribution < -0.4 is 4.90 Å². The van der Waals surface area contributed by atoms with Gasteiger partial charge >= 0.3 is 0 Å². The van der Waals surface area contributed by atoms with Gasteiger partial charge in [-0.25, -0.2) is 15.0 Å². The fourth-order valence-electron chi connectivity index (χ4n) is 8.62. The van der Waals surface area contributed by atoms with Crippen LogP contribution in [0, 0.1) is 0 Å². The lowest BCUT2D eigenvalue weighted by Gasteiger charge is -2.25. The van der Waals surface area contributed by atoms with E-state index >= 15 is 0 Å². The lowest BCUT2D eigenvalue weighted by atomic mass is 9.95. The summed E-state index contributed by atoms with van der Waals surface area (Å²) in [5.41, 5.74) is 11.1. The zero-order chi connectivity index (χ0) is 40.3. The van der Waals surface area contributed by atoms with Gasteiger partial charge < -0.3 is 13.7 Å². The first kappa shape index (κ1) is 34.7. The quantitative estimate of drug-likeness (QED) is 0.160. The summed E-state index contributed by atoms with van der Waals surface area (Å²) in [5, 5.41) is 6.40. The van der Waals surface area contributed by atoms with Crippen molar-refractivity contribution in [3.8, 4) is 45.3 Å². The predicted molar refractivity (Wildman–Crippen MR) is 248 cm³/mol. The van der Waals surface area contributed by atoms with Crippen molar-refractivity contribution in [1.82, 2.24) is 15.0 Å². The number of nitrogens with zero attached hydrogens (tertiary/aromatic N) is 4. The van der Waals surface area contributed by atoms with E-state index in [0.717, 1.165) is 99.5 Å². The van der Waals surface area contributed by atoms with E-state index in [0.29, 0.717) is 17.5 Å². The molecule has 0 spiro atoms. The highest BCUT2D eigenvalue weighted by molar-refractivity contribution is 6.21. The average molecular weight is 783 g/mol. The van der Waals surface area contributed by atoms with Gasteiger partial charge in [0.2, 0.25) is 0 Å². The number of aromatic nitrogens is 3. The summed E-state index contributed by atoms with van der Waals surface area (Å²) in [6, 6.07) is 71.0. The van der Waals surface area contributed by atoms with Crippen LogP contribution in [0.1, 0.15) is 0 Å². The Balaban J connectivity index is 1.03. The van der Waals surface area contributed by atoms with Crippen LogP contribution in [-0.4, -0.2) is 15.0 Å². The Hall–Kier alpha value is -8.35. The molecule has 0 aliphatic rings. The highest BCUT2D eigenvalue weighted by Crippen LogP contribution is 2.45. The first-order valence-corrected chi connectivity index (χ1v) is 20.3. The van der Waals surface area contributed by atoms with Gasteiger partial charge in [0.25, 0.3) is 0 Å². The van der Waals surface area contributed by atoms with Crippen molar-refractivity contribution in [2.24, 2.45) is 0 Å². The van der Waals surface area contributed by atoms with Crippen LogP contribution in [0.3, 0.4) is 0 Å². The molecule has 9 aromatic carbocycles. The summed E-state index contributed by atoms with van der Waals surface area (Å²) in [6.07, 6.45) is 0. The topological polar surface area (TPSA) is 68.2 Å². The smallest absolute Gasteiger partial charge is 0.167 e. The van der Waals surface area contributed by atoms with E-state index in [-0.39, 0.29) is 0 Å². The second-order valence-corrected chi connectivity index (χ2v) is 15.2. The van der Waals surface area contributed by atoms with Crippen LogP contribution in [0.5, 0.6) is 0 Å². The molecule has 12 aromatic rings. The number of benzene rings is 9. The maximum Gasteiger partial charge on any atom is 0.167 e. The molecule has 0 saturated heterocycles. The molecule has 0 unspecified atom stereocenters. The van der Waals surface area contributed by atoms with Crippen molar-refractivity contribution in [1.29, 1.82) is 0 Å². The number of para-hydroxylation sites is 2. The van der Waals surface area contributed by atoms with Gasteiger partial charge in [-0.2, -0.15) is 0 Å². The number of anilines is 3. The third-order valence-electron chi connectivity index (χ3n) is 11.5. The van der Waals surface area contributed by atoms with Gasteiger partial charge in [0.05, 0.1) is 5.56 Å². The Morgan fingerprint density at radius 3 is 1.62 bits per heavy atom. The molecule has 61 heavy (non-hydrogen) atoms. The maximum absolute atomic E-state index is 7.02. The Labute approximate surface area is 350 Å². The Morgan fingerprint density at radius 1 is 0.328 bits per heavy atom. The highest BCUT2D eigenvalue weighted by atomic mass is 16.3. The van der Waals surface area contributed by atoms with Crippen LogP contribution in [0.2, 0.25) is 0 Å². The number of hydrogen-bond donors (Lipinski definition) is 0. The minimum atomic E-state index is 0.544. The van der Waals surface area contributed by atoms with Crippen molar-refractivity contribution < 1.29 is 8.83 Å². The van der Waals surface area contributed by atoms with E-state index in [4.69, 9.17) is 23.8 Å². The van der Waals surface area contributed by atoms with E-state index in [2.05, 4.69) is 132 Å². The van der Waals surface area contributed by atoms with Gasteiger partial charge in [0.15, 0.2) is 17.5 Å². The van der Waals surface area contributed by atoms with E-state index in [1.165, 1.54) is 0 Å². The summed E-state index contributed by atoms with van der Waals surface area (Å²) in [4.78, 5) is 17.4. The largest absolute Gasteiger partial charge is 0.456 e. The number of fused-ring (bicyclic) bond motifs is 8. The summed E-state index contributed by atoms with van der Waals surface area (Å²) in [7, 11) is 0. The molecule has 6 heteroatoms. The first-order valence-electron chi connectivity index (χ1n) is 20.3. The van der Waals surface area contributed by atoms with Gasteiger partial charge in [-0.15, -0.1) is 0 Å². The van der Waals surface area contributed by atoms with Crippen molar-refractivity contribution in [3.05, 3.63) is 206 Å². The van der Waals surface area contributed by atoms with Gasteiger partial charge in [-0.3, -0.25) is 0 Å². The van der Waals surface area contributed by atoms with Crippen LogP contribution in [0.15, 0.2) is 215 Å². The Bertz CT molecular complexity index is 3520. The second-order valence-electron chi connectivity index (χ2n) is 15.2. The molecule has 3 heterocycles. The first-order chi connectivity index (χ1) is 30.2. The fraction of sp³-hybridized carbons (Fsp3) is 0. The molecule has 6 nitrogen and oxygen atoms in total. The average Bonchev–Trinajstić information content (AvgIpc) is 3.92. The predicted octanol–water partition coefficient (Wildman–Crippen LogP) is 15.0. The van der Waals surface area contributed by atoms with Crippen LogP contribution in [0.25, 0.3) is 99.9 Å². The minimum Gasteiger partial charge on any atom is -0.456 e. The molecule has 0 aliphatic carbocycles. The highest BCUT2D eigenvalue weighted by Gasteiger charge is 2.23. The maximum atomic E-state index is 7.02.